The highest BCUT2D eigenvalue weighted by Crippen LogP contribution is 2.21. The van der Waals surface area contributed by atoms with Crippen LogP contribution < -0.4 is 4.90 Å². The fraction of sp³-hybridized carbons (Fsp3) is 0.273. The zero-order chi connectivity index (χ0) is 13.9. The van der Waals surface area contributed by atoms with Crippen molar-refractivity contribution in [2.75, 3.05) is 4.90 Å². The average molecular weight is 252 g/mol. The van der Waals surface area contributed by atoms with Crippen molar-refractivity contribution in [1.29, 1.82) is 0 Å². The zero-order valence-corrected chi connectivity index (χ0v) is 9.86. The number of hydrogen-bond acceptors (Lipinski definition) is 4. The number of carboxylic acid groups (broad SMARTS) is 1. The molecule has 0 aliphatic heterocycles. The number of anilines is 1. The Balaban J connectivity index is 3.11. The van der Waals surface area contributed by atoms with Crippen LogP contribution in [0.4, 0.5) is 11.4 Å². The van der Waals surface area contributed by atoms with E-state index < -0.39 is 22.8 Å². The van der Waals surface area contributed by atoms with Gasteiger partial charge in [-0.25, -0.2) is 4.79 Å². The summed E-state index contributed by atoms with van der Waals surface area (Å²) in [6.07, 6.45) is 0. The first-order valence-corrected chi connectivity index (χ1v) is 5.11. The van der Waals surface area contributed by atoms with Crippen molar-refractivity contribution in [2.24, 2.45) is 0 Å². The summed E-state index contributed by atoms with van der Waals surface area (Å²) in [5.41, 5.74) is 0.188. The van der Waals surface area contributed by atoms with Crippen LogP contribution in [0.1, 0.15) is 13.8 Å². The molecule has 0 fully saturated rings. The number of nitro groups is 1. The Labute approximate surface area is 103 Å². The molecule has 0 saturated carbocycles. The number of nitro benzene ring substituents is 1. The monoisotopic (exact) mass is 252 g/mol. The van der Waals surface area contributed by atoms with Crippen LogP contribution in [0.5, 0.6) is 0 Å². The molecule has 0 unspecified atom stereocenters. The van der Waals surface area contributed by atoms with Crippen LogP contribution in [0.15, 0.2) is 24.3 Å². The summed E-state index contributed by atoms with van der Waals surface area (Å²) in [5.74, 6) is -1.60. The molecule has 1 rings (SSSR count). The molecule has 0 saturated heterocycles. The minimum absolute atomic E-state index is 0.120. The van der Waals surface area contributed by atoms with E-state index in [2.05, 4.69) is 0 Å². The summed E-state index contributed by atoms with van der Waals surface area (Å²) in [4.78, 5) is 33.3. The molecule has 0 aliphatic carbocycles. The van der Waals surface area contributed by atoms with Crippen LogP contribution in [0.2, 0.25) is 0 Å². The molecule has 0 radical (unpaired) electrons. The lowest BCUT2D eigenvalue weighted by Gasteiger charge is -2.25. The molecule has 1 N–H and O–H groups in total. The van der Waals surface area contributed by atoms with Crippen molar-refractivity contribution in [3.05, 3.63) is 34.4 Å². The van der Waals surface area contributed by atoms with Gasteiger partial charge in [-0.1, -0.05) is 0 Å². The average Bonchev–Trinajstić information content (AvgIpc) is 2.29. The molecule has 1 atom stereocenters. The number of benzene rings is 1. The van der Waals surface area contributed by atoms with Crippen molar-refractivity contribution >= 4 is 23.3 Å². The van der Waals surface area contributed by atoms with Gasteiger partial charge in [0, 0.05) is 24.7 Å². The predicted octanol–water partition coefficient (Wildman–Crippen LogP) is 1.42. The van der Waals surface area contributed by atoms with Crippen molar-refractivity contribution < 1.29 is 19.6 Å². The number of rotatable bonds is 4. The van der Waals surface area contributed by atoms with Gasteiger partial charge in [0.2, 0.25) is 5.91 Å². The zero-order valence-electron chi connectivity index (χ0n) is 9.86. The maximum absolute atomic E-state index is 11.4. The molecule has 18 heavy (non-hydrogen) atoms. The fourth-order valence-electron chi connectivity index (χ4n) is 1.52. The molecule has 7 heteroatoms. The molecule has 1 aromatic carbocycles. The predicted molar refractivity (Wildman–Crippen MR) is 63.4 cm³/mol. The Morgan fingerprint density at radius 3 is 2.17 bits per heavy atom. The van der Waals surface area contributed by atoms with Crippen LogP contribution in [0, 0.1) is 10.1 Å². The molecule has 7 nitrogen and oxygen atoms in total. The van der Waals surface area contributed by atoms with Gasteiger partial charge in [-0.2, -0.15) is 0 Å². The third-order valence-electron chi connectivity index (χ3n) is 2.42. The number of non-ortho nitro benzene ring substituents is 1. The second-order valence-electron chi connectivity index (χ2n) is 3.68. The lowest BCUT2D eigenvalue weighted by Crippen LogP contribution is -2.42. The topological polar surface area (TPSA) is 101 Å². The Morgan fingerprint density at radius 1 is 1.33 bits per heavy atom. The number of nitrogens with zero attached hydrogens (tertiary/aromatic N) is 2. The van der Waals surface area contributed by atoms with E-state index in [1.54, 1.807) is 0 Å². The van der Waals surface area contributed by atoms with E-state index in [0.717, 1.165) is 4.90 Å². The smallest absolute Gasteiger partial charge is 0.326 e. The van der Waals surface area contributed by atoms with Crippen molar-refractivity contribution in [3.63, 3.8) is 0 Å². The van der Waals surface area contributed by atoms with Crippen molar-refractivity contribution in [1.82, 2.24) is 0 Å². The Bertz CT molecular complexity index is 483. The molecule has 0 aromatic heterocycles. The van der Waals surface area contributed by atoms with Crippen LogP contribution in [0.25, 0.3) is 0 Å². The largest absolute Gasteiger partial charge is 0.480 e. The Morgan fingerprint density at radius 2 is 1.83 bits per heavy atom. The highest BCUT2D eigenvalue weighted by atomic mass is 16.6. The third kappa shape index (κ3) is 2.82. The Kier molecular flexibility index (Phi) is 3.98. The summed E-state index contributed by atoms with van der Waals surface area (Å²) >= 11 is 0. The van der Waals surface area contributed by atoms with E-state index in [9.17, 15) is 19.7 Å². The summed E-state index contributed by atoms with van der Waals surface area (Å²) in [7, 11) is 0. The molecule has 1 amide bonds. The van der Waals surface area contributed by atoms with Gasteiger partial charge in [0.15, 0.2) is 0 Å². The normalized spacial score (nSPS) is 11.7. The number of amides is 1. The molecule has 0 spiro atoms. The van der Waals surface area contributed by atoms with E-state index in [-0.39, 0.29) is 5.69 Å². The van der Waals surface area contributed by atoms with E-state index >= 15 is 0 Å². The minimum Gasteiger partial charge on any atom is -0.480 e. The van der Waals surface area contributed by atoms with Gasteiger partial charge in [0.05, 0.1) is 4.92 Å². The van der Waals surface area contributed by atoms with Crippen molar-refractivity contribution in [3.8, 4) is 0 Å². The Hall–Kier alpha value is -2.44. The first-order valence-electron chi connectivity index (χ1n) is 5.11. The molecule has 96 valence electrons. The van der Waals surface area contributed by atoms with Gasteiger partial charge in [-0.15, -0.1) is 0 Å². The quantitative estimate of drug-likeness (QED) is 0.645. The van der Waals surface area contributed by atoms with Gasteiger partial charge in [-0.3, -0.25) is 19.8 Å². The SMILES string of the molecule is CC(=O)N(c1ccc([N+](=O)[O-])cc1)[C@@H](C)C(=O)O. The number of carboxylic acids is 1. The van der Waals surface area contributed by atoms with Gasteiger partial charge in [0.1, 0.15) is 6.04 Å². The summed E-state index contributed by atoms with van der Waals surface area (Å²) in [6.45, 7) is 2.60. The fourth-order valence-corrected chi connectivity index (χ4v) is 1.52. The van der Waals surface area contributed by atoms with Crippen LogP contribution >= 0.6 is 0 Å². The molecule has 1 aromatic rings. The second kappa shape index (κ2) is 5.26. The van der Waals surface area contributed by atoms with Gasteiger partial charge < -0.3 is 5.11 Å². The molecular weight excluding hydrogens is 240 g/mol. The molecule has 0 heterocycles. The molecular formula is C11H12N2O5. The maximum Gasteiger partial charge on any atom is 0.326 e. The summed E-state index contributed by atoms with van der Waals surface area (Å²) in [6, 6.07) is 4.10. The maximum atomic E-state index is 11.4. The summed E-state index contributed by atoms with van der Waals surface area (Å²) < 4.78 is 0. The number of hydrogen-bond donors (Lipinski definition) is 1. The highest BCUT2D eigenvalue weighted by Gasteiger charge is 2.24. The van der Waals surface area contributed by atoms with E-state index in [1.807, 2.05) is 0 Å². The van der Waals surface area contributed by atoms with Crippen LogP contribution in [0.3, 0.4) is 0 Å². The molecule has 0 aliphatic rings. The van der Waals surface area contributed by atoms with E-state index in [1.165, 1.54) is 38.1 Å². The first kappa shape index (κ1) is 13.6. The van der Waals surface area contributed by atoms with E-state index in [4.69, 9.17) is 5.11 Å². The van der Waals surface area contributed by atoms with Crippen molar-refractivity contribution in [2.45, 2.75) is 19.9 Å². The lowest BCUT2D eigenvalue weighted by atomic mass is 10.2. The molecule has 0 bridgehead atoms. The van der Waals surface area contributed by atoms with Gasteiger partial charge in [-0.05, 0) is 19.1 Å². The number of aliphatic carboxylic acids is 1. The minimum atomic E-state index is -1.15. The number of carbonyl (C=O) groups excluding carboxylic acids is 1. The van der Waals surface area contributed by atoms with Gasteiger partial charge >= 0.3 is 5.97 Å². The third-order valence-corrected chi connectivity index (χ3v) is 2.42. The first-order chi connectivity index (χ1) is 8.34. The van der Waals surface area contributed by atoms with Gasteiger partial charge in [0.25, 0.3) is 5.69 Å². The van der Waals surface area contributed by atoms with E-state index in [0.29, 0.717) is 5.69 Å². The standard InChI is InChI=1S/C11H12N2O5/c1-7(11(15)16)12(8(2)14)9-3-5-10(6-4-9)13(17)18/h3-7H,1-2H3,(H,15,16)/t7-/m0/s1. The van der Waals surface area contributed by atoms with Crippen LogP contribution in [-0.4, -0.2) is 27.9 Å². The summed E-state index contributed by atoms with van der Waals surface area (Å²) in [5, 5.41) is 19.4. The van der Waals surface area contributed by atoms with Crippen LogP contribution in [-0.2, 0) is 9.59 Å². The lowest BCUT2D eigenvalue weighted by molar-refractivity contribution is -0.384. The highest BCUT2D eigenvalue weighted by molar-refractivity contribution is 5.97. The second-order valence-corrected chi connectivity index (χ2v) is 3.68. The number of carbonyl (C=O) groups is 2.